The number of halogens is 1. The summed E-state index contributed by atoms with van der Waals surface area (Å²) in [5, 5.41) is 7.55. The van der Waals surface area contributed by atoms with Gasteiger partial charge in [0, 0.05) is 12.1 Å². The van der Waals surface area contributed by atoms with Gasteiger partial charge in [0.25, 0.3) is 5.91 Å². The Morgan fingerprint density at radius 3 is 2.88 bits per heavy atom. The summed E-state index contributed by atoms with van der Waals surface area (Å²) in [7, 11) is 1.80. The number of nitrogens with one attached hydrogen (secondary N) is 1. The summed E-state index contributed by atoms with van der Waals surface area (Å²) >= 11 is 5.98. The summed E-state index contributed by atoms with van der Waals surface area (Å²) < 4.78 is 12.4. The number of amides is 1. The highest BCUT2D eigenvalue weighted by Gasteiger charge is 2.28. The Balaban J connectivity index is 1.55. The zero-order valence-electron chi connectivity index (χ0n) is 14.8. The first-order valence-corrected chi connectivity index (χ1v) is 8.61. The Morgan fingerprint density at radius 1 is 1.42 bits per heavy atom. The van der Waals surface area contributed by atoms with Crippen molar-refractivity contribution < 1.29 is 19.1 Å². The molecule has 1 N–H and O–H groups in total. The third-order valence-corrected chi connectivity index (χ3v) is 4.62. The van der Waals surface area contributed by atoms with E-state index in [1.165, 1.54) is 0 Å². The molecule has 0 unspecified atom stereocenters. The number of nitrogens with zero attached hydrogens (tertiary/aromatic N) is 2. The van der Waals surface area contributed by atoms with Crippen molar-refractivity contribution in [3.05, 3.63) is 40.2 Å². The molecule has 2 heterocycles. The molecule has 7 nitrogen and oxygen atoms in total. The van der Waals surface area contributed by atoms with Crippen LogP contribution in [0.25, 0.3) is 0 Å². The Hall–Kier alpha value is -2.54. The van der Waals surface area contributed by atoms with Crippen LogP contribution < -0.4 is 10.1 Å². The van der Waals surface area contributed by atoms with E-state index in [1.807, 2.05) is 6.92 Å². The summed E-state index contributed by atoms with van der Waals surface area (Å²) in [6, 6.07) is 5.30. The fourth-order valence-corrected chi connectivity index (χ4v) is 3.09. The molecule has 0 fully saturated rings. The first kappa shape index (κ1) is 18.3. The van der Waals surface area contributed by atoms with E-state index in [1.54, 1.807) is 36.9 Å². The molecular formula is C18H20ClN3O4. The molecule has 1 aliphatic rings. The zero-order chi connectivity index (χ0) is 18.8. The predicted octanol–water partition coefficient (Wildman–Crippen LogP) is 2.42. The SMILES string of the molecule is Cc1nn(C)c(C)c1NC(=O)COC(=O)[C@@H]1COc2ccc(Cl)cc2C1. The second-order valence-corrected chi connectivity index (χ2v) is 6.73. The van der Waals surface area contributed by atoms with Crippen LogP contribution in [0.15, 0.2) is 18.2 Å². The Morgan fingerprint density at radius 2 is 2.19 bits per heavy atom. The number of rotatable bonds is 4. The van der Waals surface area contributed by atoms with Crippen LogP contribution in [-0.2, 0) is 27.8 Å². The van der Waals surface area contributed by atoms with Gasteiger partial charge in [0.05, 0.1) is 23.0 Å². The number of esters is 1. The molecule has 2 aromatic rings. The molecule has 138 valence electrons. The van der Waals surface area contributed by atoms with E-state index in [2.05, 4.69) is 10.4 Å². The molecule has 0 aliphatic carbocycles. The third-order valence-electron chi connectivity index (χ3n) is 4.38. The number of anilines is 1. The molecule has 0 bridgehead atoms. The number of carbonyl (C=O) groups excluding carboxylic acids is 2. The second-order valence-electron chi connectivity index (χ2n) is 6.29. The highest BCUT2D eigenvalue weighted by atomic mass is 35.5. The molecule has 1 aromatic carbocycles. The molecule has 0 saturated heterocycles. The van der Waals surface area contributed by atoms with Crippen LogP contribution in [0.2, 0.25) is 5.02 Å². The van der Waals surface area contributed by atoms with Gasteiger partial charge in [-0.15, -0.1) is 0 Å². The fraction of sp³-hybridized carbons (Fsp3) is 0.389. The molecular weight excluding hydrogens is 358 g/mol. The van der Waals surface area contributed by atoms with E-state index >= 15 is 0 Å². The summed E-state index contributed by atoms with van der Waals surface area (Å²) in [6.07, 6.45) is 0.469. The maximum atomic E-state index is 12.3. The summed E-state index contributed by atoms with van der Waals surface area (Å²) in [5.41, 5.74) is 3.03. The summed E-state index contributed by atoms with van der Waals surface area (Å²) in [6.45, 7) is 3.52. The van der Waals surface area contributed by atoms with Gasteiger partial charge in [-0.2, -0.15) is 5.10 Å². The lowest BCUT2D eigenvalue weighted by atomic mass is 9.97. The van der Waals surface area contributed by atoms with Gasteiger partial charge in [0.1, 0.15) is 12.4 Å². The van der Waals surface area contributed by atoms with E-state index in [9.17, 15) is 9.59 Å². The highest BCUT2D eigenvalue weighted by Crippen LogP contribution is 2.30. The second kappa shape index (κ2) is 7.37. The van der Waals surface area contributed by atoms with E-state index in [0.717, 1.165) is 17.0 Å². The Kier molecular flexibility index (Phi) is 5.18. The normalized spacial score (nSPS) is 15.8. The molecule has 1 amide bonds. The number of hydrogen-bond acceptors (Lipinski definition) is 5. The number of aromatic nitrogens is 2. The Bertz CT molecular complexity index is 862. The summed E-state index contributed by atoms with van der Waals surface area (Å²) in [5.74, 6) is -0.613. The van der Waals surface area contributed by atoms with Crippen LogP contribution in [0.1, 0.15) is 17.0 Å². The number of benzene rings is 1. The molecule has 0 spiro atoms. The first-order valence-electron chi connectivity index (χ1n) is 8.23. The molecule has 0 saturated carbocycles. The average Bonchev–Trinajstić information content (AvgIpc) is 2.85. The van der Waals surface area contributed by atoms with Crippen molar-refractivity contribution in [2.75, 3.05) is 18.5 Å². The van der Waals surface area contributed by atoms with E-state index in [-0.39, 0.29) is 13.2 Å². The minimum absolute atomic E-state index is 0.218. The fourth-order valence-electron chi connectivity index (χ4n) is 2.90. The van der Waals surface area contributed by atoms with Crippen LogP contribution in [0.5, 0.6) is 5.75 Å². The minimum atomic E-state index is -0.467. The topological polar surface area (TPSA) is 82.5 Å². The average molecular weight is 378 g/mol. The van der Waals surface area contributed by atoms with E-state index in [4.69, 9.17) is 21.1 Å². The number of carbonyl (C=O) groups is 2. The van der Waals surface area contributed by atoms with Gasteiger partial charge in [-0.25, -0.2) is 0 Å². The van der Waals surface area contributed by atoms with Crippen molar-refractivity contribution in [3.8, 4) is 5.75 Å². The van der Waals surface area contributed by atoms with Crippen molar-refractivity contribution in [2.45, 2.75) is 20.3 Å². The zero-order valence-corrected chi connectivity index (χ0v) is 15.6. The highest BCUT2D eigenvalue weighted by molar-refractivity contribution is 6.30. The lowest BCUT2D eigenvalue weighted by molar-refractivity contribution is -0.152. The minimum Gasteiger partial charge on any atom is -0.492 e. The van der Waals surface area contributed by atoms with Gasteiger partial charge in [0.15, 0.2) is 6.61 Å². The largest absolute Gasteiger partial charge is 0.492 e. The molecule has 1 atom stereocenters. The molecule has 1 aromatic heterocycles. The van der Waals surface area contributed by atoms with Gasteiger partial charge in [0.2, 0.25) is 0 Å². The lowest BCUT2D eigenvalue weighted by Gasteiger charge is -2.24. The van der Waals surface area contributed by atoms with Crippen LogP contribution in [0.3, 0.4) is 0 Å². The van der Waals surface area contributed by atoms with E-state index in [0.29, 0.717) is 22.8 Å². The number of fused-ring (bicyclic) bond motifs is 1. The van der Waals surface area contributed by atoms with Gasteiger partial charge in [-0.3, -0.25) is 14.3 Å². The van der Waals surface area contributed by atoms with Crippen molar-refractivity contribution in [3.63, 3.8) is 0 Å². The van der Waals surface area contributed by atoms with Crippen LogP contribution in [-0.4, -0.2) is 34.9 Å². The van der Waals surface area contributed by atoms with Crippen molar-refractivity contribution in [1.82, 2.24) is 9.78 Å². The van der Waals surface area contributed by atoms with Crippen LogP contribution in [0, 0.1) is 19.8 Å². The standard InChI is InChI=1S/C18H20ClN3O4/c1-10-17(11(2)22(3)21-10)20-16(23)9-26-18(24)13-6-12-7-14(19)4-5-15(12)25-8-13/h4-5,7,13H,6,8-9H2,1-3H3,(H,20,23)/t13-/m0/s1. The van der Waals surface area contributed by atoms with E-state index < -0.39 is 17.8 Å². The predicted molar refractivity (Wildman–Crippen MR) is 96.4 cm³/mol. The molecule has 8 heteroatoms. The van der Waals surface area contributed by atoms with Crippen molar-refractivity contribution in [2.24, 2.45) is 13.0 Å². The van der Waals surface area contributed by atoms with Gasteiger partial charge in [-0.05, 0) is 44.0 Å². The third kappa shape index (κ3) is 3.83. The lowest BCUT2D eigenvalue weighted by Crippen LogP contribution is -2.32. The maximum Gasteiger partial charge on any atom is 0.313 e. The van der Waals surface area contributed by atoms with Crippen LogP contribution >= 0.6 is 11.6 Å². The van der Waals surface area contributed by atoms with Crippen molar-refractivity contribution >= 4 is 29.2 Å². The smallest absolute Gasteiger partial charge is 0.313 e. The van der Waals surface area contributed by atoms with Crippen LogP contribution in [0.4, 0.5) is 5.69 Å². The summed E-state index contributed by atoms with van der Waals surface area (Å²) in [4.78, 5) is 24.3. The van der Waals surface area contributed by atoms with Gasteiger partial charge < -0.3 is 14.8 Å². The van der Waals surface area contributed by atoms with Gasteiger partial charge in [-0.1, -0.05) is 11.6 Å². The Labute approximate surface area is 156 Å². The number of aryl methyl sites for hydroxylation is 2. The van der Waals surface area contributed by atoms with Gasteiger partial charge >= 0.3 is 5.97 Å². The molecule has 26 heavy (non-hydrogen) atoms. The molecule has 1 aliphatic heterocycles. The maximum absolute atomic E-state index is 12.3. The number of ether oxygens (including phenoxy) is 2. The monoisotopic (exact) mass is 377 g/mol. The quantitative estimate of drug-likeness (QED) is 0.827. The first-order chi connectivity index (χ1) is 12.3. The number of hydrogen-bond donors (Lipinski definition) is 1. The molecule has 3 rings (SSSR count). The molecule has 0 radical (unpaired) electrons. The van der Waals surface area contributed by atoms with Crippen molar-refractivity contribution in [1.29, 1.82) is 0 Å².